The molecule has 233 valence electrons. The quantitative estimate of drug-likeness (QED) is 0.167. The van der Waals surface area contributed by atoms with Gasteiger partial charge in [0.2, 0.25) is 0 Å². The van der Waals surface area contributed by atoms with E-state index in [9.17, 15) is 0 Å². The van der Waals surface area contributed by atoms with Crippen LogP contribution in [0.2, 0.25) is 0 Å². The molecule has 0 saturated heterocycles. The van der Waals surface area contributed by atoms with E-state index in [-0.39, 0.29) is 32.3 Å². The monoisotopic (exact) mass is 782 g/mol. The fourth-order valence-electron chi connectivity index (χ4n) is 6.11. The fraction of sp³-hybridized carbons (Fsp3) is 0.150. The number of hydrogen-bond acceptors (Lipinski definition) is 5. The van der Waals surface area contributed by atoms with Crippen molar-refractivity contribution in [3.8, 4) is 11.3 Å². The number of rotatable bonds is 6. The van der Waals surface area contributed by atoms with Crippen molar-refractivity contribution in [2.24, 2.45) is 0 Å². The van der Waals surface area contributed by atoms with Gasteiger partial charge in [-0.05, 0) is 67.9 Å². The second-order valence-corrected chi connectivity index (χ2v) is 11.2. The summed E-state index contributed by atoms with van der Waals surface area (Å²) in [7, 11) is 0. The molecule has 2 unspecified atom stereocenters. The second kappa shape index (κ2) is 14.8. The van der Waals surface area contributed by atoms with Crippen LogP contribution in [0.4, 0.5) is 17.1 Å². The van der Waals surface area contributed by atoms with Crippen molar-refractivity contribution in [1.29, 1.82) is 0 Å². The Hall–Kier alpha value is -4.45. The Morgan fingerprint density at radius 1 is 0.674 bits per heavy atom. The summed E-state index contributed by atoms with van der Waals surface area (Å²) in [6.45, 7) is 3.32. The zero-order valence-corrected chi connectivity index (χ0v) is 28.1. The van der Waals surface area contributed by atoms with E-state index < -0.39 is 5.41 Å². The molecule has 4 aromatic carbocycles. The SMILES string of the molecule is CC(O)CC(C)O.[Ir].[c-]1ccccc1-c1cccc([C@]2(c3ccccn3)c3[c-]cccc3N(c3ccccc3)c3ccccc32)n1. The first-order valence-corrected chi connectivity index (χ1v) is 15.2. The zero-order valence-electron chi connectivity index (χ0n) is 25.7. The van der Waals surface area contributed by atoms with Crippen LogP contribution < -0.4 is 4.90 Å². The van der Waals surface area contributed by atoms with Crippen LogP contribution in [0.3, 0.4) is 0 Å². The first kappa shape index (κ1) is 32.9. The second-order valence-electron chi connectivity index (χ2n) is 11.2. The third-order valence-electron chi connectivity index (χ3n) is 7.86. The van der Waals surface area contributed by atoms with Crippen LogP contribution in [0.1, 0.15) is 42.8 Å². The van der Waals surface area contributed by atoms with E-state index in [0.717, 1.165) is 50.8 Å². The first-order chi connectivity index (χ1) is 22.0. The summed E-state index contributed by atoms with van der Waals surface area (Å²) in [5.74, 6) is 0. The number of para-hydroxylation sites is 2. The van der Waals surface area contributed by atoms with Gasteiger partial charge < -0.3 is 15.1 Å². The molecule has 6 aromatic rings. The van der Waals surface area contributed by atoms with Gasteiger partial charge in [0.1, 0.15) is 0 Å². The number of nitrogens with zero attached hydrogens (tertiary/aromatic N) is 3. The van der Waals surface area contributed by atoms with Gasteiger partial charge in [-0.2, -0.15) is 18.2 Å². The Kier molecular flexibility index (Phi) is 10.6. The van der Waals surface area contributed by atoms with Gasteiger partial charge in [-0.15, -0.1) is 47.5 Å². The molecular weight excluding hydrogens is 747 g/mol. The van der Waals surface area contributed by atoms with E-state index in [1.807, 2.05) is 60.8 Å². The van der Waals surface area contributed by atoms with Crippen molar-refractivity contribution in [2.75, 3.05) is 4.90 Å². The van der Waals surface area contributed by atoms with Gasteiger partial charge in [0.25, 0.3) is 0 Å². The third-order valence-corrected chi connectivity index (χ3v) is 7.86. The first-order valence-electron chi connectivity index (χ1n) is 15.2. The van der Waals surface area contributed by atoms with Gasteiger partial charge in [-0.25, -0.2) is 0 Å². The minimum absolute atomic E-state index is 0. The molecule has 1 aliphatic heterocycles. The third kappa shape index (κ3) is 6.44. The summed E-state index contributed by atoms with van der Waals surface area (Å²) in [6.07, 6.45) is 1.58. The molecule has 0 saturated carbocycles. The molecule has 0 bridgehead atoms. The van der Waals surface area contributed by atoms with Crippen LogP contribution in [-0.2, 0) is 25.5 Å². The van der Waals surface area contributed by atoms with Gasteiger partial charge in [0.15, 0.2) is 0 Å². The summed E-state index contributed by atoms with van der Waals surface area (Å²) in [6, 6.07) is 52.6. The average molecular weight is 782 g/mol. The van der Waals surface area contributed by atoms with Crippen molar-refractivity contribution >= 4 is 17.1 Å². The Labute approximate surface area is 284 Å². The Morgan fingerprint density at radius 2 is 1.35 bits per heavy atom. The number of anilines is 3. The number of benzene rings is 4. The molecule has 3 atom stereocenters. The summed E-state index contributed by atoms with van der Waals surface area (Å²) < 4.78 is 0. The van der Waals surface area contributed by atoms with Gasteiger partial charge in [-0.3, -0.25) is 9.97 Å². The maximum atomic E-state index is 8.56. The molecule has 1 radical (unpaired) electrons. The number of fused-ring (bicyclic) bond motifs is 2. The fourth-order valence-corrected chi connectivity index (χ4v) is 6.11. The Morgan fingerprint density at radius 3 is 2.04 bits per heavy atom. The molecule has 3 heterocycles. The molecule has 5 nitrogen and oxygen atoms in total. The summed E-state index contributed by atoms with van der Waals surface area (Å²) in [4.78, 5) is 12.6. The maximum absolute atomic E-state index is 8.56. The van der Waals surface area contributed by atoms with Crippen LogP contribution in [0.25, 0.3) is 11.3 Å². The van der Waals surface area contributed by atoms with E-state index >= 15 is 0 Å². The van der Waals surface area contributed by atoms with Crippen LogP contribution in [0.15, 0.2) is 140 Å². The minimum atomic E-state index is -0.773. The number of aliphatic hydroxyl groups excluding tert-OH is 2. The van der Waals surface area contributed by atoms with Crippen molar-refractivity contribution < 1.29 is 30.3 Å². The summed E-state index contributed by atoms with van der Waals surface area (Å²) >= 11 is 0. The molecule has 7 rings (SSSR count). The Bertz CT molecular complexity index is 1790. The Balaban J connectivity index is 0.000000471. The molecule has 0 aliphatic carbocycles. The van der Waals surface area contributed by atoms with Crippen LogP contribution in [-0.4, -0.2) is 32.4 Å². The standard InChI is InChI=1S/C35H23N3.C5H12O2.Ir/c1-3-14-26(15-4-1)30-20-13-24-34(37-30)35(33-23-11-12-25-36-33)28-18-7-9-21-31(28)38(27-16-5-2-6-17-27)32-22-10-8-19-29(32)35;1-4(6)3-5(2)7;/h1-14,16-18,20-25H;4-7H,3H2,1-2H3;/q-2;;/t35-;;/m0../s1. The van der Waals surface area contributed by atoms with E-state index in [0.29, 0.717) is 6.42 Å². The molecule has 0 spiro atoms. The molecule has 6 heteroatoms. The smallest absolute Gasteiger partial charge is 0.0851 e. The van der Waals surface area contributed by atoms with E-state index in [4.69, 9.17) is 20.2 Å². The van der Waals surface area contributed by atoms with E-state index in [1.54, 1.807) is 13.8 Å². The minimum Gasteiger partial charge on any atom is -0.393 e. The van der Waals surface area contributed by atoms with Gasteiger partial charge in [0, 0.05) is 43.4 Å². The van der Waals surface area contributed by atoms with Crippen molar-refractivity contribution in [1.82, 2.24) is 9.97 Å². The molecule has 1 aliphatic rings. The maximum Gasteiger partial charge on any atom is 0.0851 e. The zero-order chi connectivity index (χ0) is 31.2. The van der Waals surface area contributed by atoms with Gasteiger partial charge in [-0.1, -0.05) is 60.3 Å². The van der Waals surface area contributed by atoms with Crippen LogP contribution in [0.5, 0.6) is 0 Å². The van der Waals surface area contributed by atoms with Gasteiger partial charge >= 0.3 is 0 Å². The number of hydrogen-bond donors (Lipinski definition) is 2. The molecule has 0 fully saturated rings. The summed E-state index contributed by atoms with van der Waals surface area (Å²) in [5.41, 5.74) is 8.23. The number of pyridine rings is 2. The van der Waals surface area contributed by atoms with E-state index in [1.165, 1.54) is 0 Å². The van der Waals surface area contributed by atoms with E-state index in [2.05, 4.69) is 95.9 Å². The predicted octanol–water partition coefficient (Wildman–Crippen LogP) is 8.05. The van der Waals surface area contributed by atoms with Crippen molar-refractivity contribution in [3.05, 3.63) is 174 Å². The largest absolute Gasteiger partial charge is 0.393 e. The average Bonchev–Trinajstić information content (AvgIpc) is 3.08. The molecule has 0 amide bonds. The predicted molar refractivity (Wildman–Crippen MR) is 180 cm³/mol. The van der Waals surface area contributed by atoms with Gasteiger partial charge in [0.05, 0.1) is 23.3 Å². The number of aliphatic hydroxyl groups is 2. The normalized spacial score (nSPS) is 16.0. The van der Waals surface area contributed by atoms with Crippen molar-refractivity contribution in [2.45, 2.75) is 37.9 Å². The molecule has 2 N–H and O–H groups in total. The van der Waals surface area contributed by atoms with Crippen LogP contribution >= 0.6 is 0 Å². The molecule has 2 aromatic heterocycles. The molecule has 46 heavy (non-hydrogen) atoms. The summed E-state index contributed by atoms with van der Waals surface area (Å²) in [5, 5.41) is 17.1. The van der Waals surface area contributed by atoms with Crippen molar-refractivity contribution in [3.63, 3.8) is 0 Å². The molecular formula is C40H35IrN3O2-2. The topological polar surface area (TPSA) is 69.5 Å². The van der Waals surface area contributed by atoms with Crippen LogP contribution in [0, 0.1) is 12.1 Å². The number of aromatic nitrogens is 2.